The Hall–Kier alpha value is -1.88. The molecule has 1 N–H and O–H groups in total. The zero-order valence-corrected chi connectivity index (χ0v) is 9.71. The van der Waals surface area contributed by atoms with Gasteiger partial charge in [-0.15, -0.1) is 5.10 Å². The Labute approximate surface area is 99.7 Å². The molecule has 0 bridgehead atoms. The lowest BCUT2D eigenvalue weighted by Crippen LogP contribution is -2.00. The Morgan fingerprint density at radius 3 is 2.88 bits per heavy atom. The van der Waals surface area contributed by atoms with Gasteiger partial charge in [0.25, 0.3) is 0 Å². The van der Waals surface area contributed by atoms with Gasteiger partial charge in [0.1, 0.15) is 18.1 Å². The van der Waals surface area contributed by atoms with Gasteiger partial charge in [0.2, 0.25) is 0 Å². The van der Waals surface area contributed by atoms with Crippen LogP contribution in [0.1, 0.15) is 11.3 Å². The third-order valence-electron chi connectivity index (χ3n) is 2.38. The average Bonchev–Trinajstić information content (AvgIpc) is 2.74. The van der Waals surface area contributed by atoms with Gasteiger partial charge in [0, 0.05) is 13.7 Å². The first kappa shape index (κ1) is 11.6. The molecule has 0 aliphatic carbocycles. The van der Waals surface area contributed by atoms with Crippen molar-refractivity contribution in [2.75, 3.05) is 6.61 Å². The molecule has 2 rings (SSSR count). The summed E-state index contributed by atoms with van der Waals surface area (Å²) in [5.74, 6) is 0.784. The maximum atomic E-state index is 8.95. The van der Waals surface area contributed by atoms with E-state index in [1.807, 2.05) is 37.5 Å². The van der Waals surface area contributed by atoms with Crippen LogP contribution in [0.25, 0.3) is 0 Å². The van der Waals surface area contributed by atoms with E-state index in [1.165, 1.54) is 0 Å². The van der Waals surface area contributed by atoms with Crippen molar-refractivity contribution in [2.45, 2.75) is 13.0 Å². The summed E-state index contributed by atoms with van der Waals surface area (Å²) in [6, 6.07) is 7.68. The van der Waals surface area contributed by atoms with Crippen LogP contribution in [0.2, 0.25) is 0 Å². The Bertz CT molecular complexity index is 482. The van der Waals surface area contributed by atoms with E-state index < -0.39 is 0 Å². The number of aliphatic hydroxyl groups excluding tert-OH is 1. The molecule has 17 heavy (non-hydrogen) atoms. The van der Waals surface area contributed by atoms with Crippen LogP contribution >= 0.6 is 0 Å². The minimum Gasteiger partial charge on any atom is -0.487 e. The summed E-state index contributed by atoms with van der Waals surface area (Å²) in [7, 11) is 1.82. The third-order valence-corrected chi connectivity index (χ3v) is 2.38. The Kier molecular flexibility index (Phi) is 3.72. The minimum atomic E-state index is 0.117. The summed E-state index contributed by atoms with van der Waals surface area (Å²) in [4.78, 5) is 0. The number of para-hydroxylation sites is 1. The molecule has 0 unspecified atom stereocenters. The first-order chi connectivity index (χ1) is 8.29. The molecule has 0 saturated carbocycles. The van der Waals surface area contributed by atoms with Gasteiger partial charge in [-0.25, -0.2) is 0 Å². The van der Waals surface area contributed by atoms with Crippen molar-refractivity contribution in [3.8, 4) is 5.75 Å². The van der Waals surface area contributed by atoms with Crippen molar-refractivity contribution in [3.05, 3.63) is 41.7 Å². The van der Waals surface area contributed by atoms with Crippen LogP contribution in [0, 0.1) is 0 Å². The SMILES string of the molecule is Cn1cc(COc2ccccc2CCO)nn1. The smallest absolute Gasteiger partial charge is 0.134 e. The molecule has 1 aromatic heterocycles. The van der Waals surface area contributed by atoms with Crippen molar-refractivity contribution in [2.24, 2.45) is 7.05 Å². The fourth-order valence-electron chi connectivity index (χ4n) is 1.58. The highest BCUT2D eigenvalue weighted by atomic mass is 16.5. The van der Waals surface area contributed by atoms with Gasteiger partial charge in [-0.2, -0.15) is 0 Å². The monoisotopic (exact) mass is 233 g/mol. The summed E-state index contributed by atoms with van der Waals surface area (Å²) in [6.07, 6.45) is 2.41. The van der Waals surface area contributed by atoms with Gasteiger partial charge in [-0.1, -0.05) is 23.4 Å². The largest absolute Gasteiger partial charge is 0.487 e. The zero-order chi connectivity index (χ0) is 12.1. The highest BCUT2D eigenvalue weighted by molar-refractivity contribution is 5.33. The van der Waals surface area contributed by atoms with Gasteiger partial charge >= 0.3 is 0 Å². The predicted octanol–water partition coefficient (Wildman–Crippen LogP) is 0.929. The van der Waals surface area contributed by atoms with E-state index in [1.54, 1.807) is 4.68 Å². The quantitative estimate of drug-likeness (QED) is 0.834. The van der Waals surface area contributed by atoms with Gasteiger partial charge < -0.3 is 9.84 Å². The molecule has 0 amide bonds. The van der Waals surface area contributed by atoms with Crippen molar-refractivity contribution < 1.29 is 9.84 Å². The highest BCUT2D eigenvalue weighted by Gasteiger charge is 2.04. The molecular formula is C12H15N3O2. The second-order valence-electron chi connectivity index (χ2n) is 3.75. The maximum Gasteiger partial charge on any atom is 0.134 e. The lowest BCUT2D eigenvalue weighted by molar-refractivity contribution is 0.281. The number of ether oxygens (including phenoxy) is 1. The fraction of sp³-hybridized carbons (Fsp3) is 0.333. The highest BCUT2D eigenvalue weighted by Crippen LogP contribution is 2.19. The van der Waals surface area contributed by atoms with Gasteiger partial charge in [0.15, 0.2) is 0 Å². The number of aromatic nitrogens is 3. The molecule has 5 heteroatoms. The van der Waals surface area contributed by atoms with Crippen molar-refractivity contribution >= 4 is 0 Å². The van der Waals surface area contributed by atoms with Crippen LogP contribution in [0.5, 0.6) is 5.75 Å². The average molecular weight is 233 g/mol. The molecule has 1 heterocycles. The van der Waals surface area contributed by atoms with Crippen LogP contribution < -0.4 is 4.74 Å². The van der Waals surface area contributed by atoms with E-state index in [9.17, 15) is 0 Å². The second kappa shape index (κ2) is 5.45. The Morgan fingerprint density at radius 1 is 1.35 bits per heavy atom. The number of nitrogens with zero attached hydrogens (tertiary/aromatic N) is 3. The van der Waals surface area contributed by atoms with Crippen LogP contribution in [0.4, 0.5) is 0 Å². The molecule has 0 radical (unpaired) electrons. The molecule has 0 atom stereocenters. The number of benzene rings is 1. The number of aryl methyl sites for hydroxylation is 1. The summed E-state index contributed by atoms with van der Waals surface area (Å²) < 4.78 is 7.30. The van der Waals surface area contributed by atoms with E-state index in [-0.39, 0.29) is 6.61 Å². The fourth-order valence-corrected chi connectivity index (χ4v) is 1.58. The number of aliphatic hydroxyl groups is 1. The maximum absolute atomic E-state index is 8.95. The van der Waals surface area contributed by atoms with Crippen molar-refractivity contribution in [3.63, 3.8) is 0 Å². The topological polar surface area (TPSA) is 60.2 Å². The van der Waals surface area contributed by atoms with E-state index >= 15 is 0 Å². The summed E-state index contributed by atoms with van der Waals surface area (Å²) in [6.45, 7) is 0.502. The lowest BCUT2D eigenvalue weighted by atomic mass is 10.1. The van der Waals surface area contributed by atoms with Crippen LogP contribution in [-0.4, -0.2) is 26.7 Å². The van der Waals surface area contributed by atoms with Gasteiger partial charge in [-0.3, -0.25) is 4.68 Å². The second-order valence-corrected chi connectivity index (χ2v) is 3.75. The third kappa shape index (κ3) is 3.04. The molecule has 0 aliphatic rings. The van der Waals surface area contributed by atoms with E-state index in [0.717, 1.165) is 17.0 Å². The molecule has 0 spiro atoms. The van der Waals surface area contributed by atoms with Gasteiger partial charge in [-0.05, 0) is 18.1 Å². The van der Waals surface area contributed by atoms with E-state index in [2.05, 4.69) is 10.3 Å². The molecule has 2 aromatic rings. The number of rotatable bonds is 5. The standard InChI is InChI=1S/C12H15N3O2/c1-15-8-11(13-14-15)9-17-12-5-3-2-4-10(12)6-7-16/h2-5,8,16H,6-7,9H2,1H3. The lowest BCUT2D eigenvalue weighted by Gasteiger charge is -2.08. The zero-order valence-electron chi connectivity index (χ0n) is 9.71. The Morgan fingerprint density at radius 2 is 2.18 bits per heavy atom. The first-order valence-electron chi connectivity index (χ1n) is 5.46. The predicted molar refractivity (Wildman–Crippen MR) is 62.6 cm³/mol. The molecular weight excluding hydrogens is 218 g/mol. The summed E-state index contributed by atoms with van der Waals surface area (Å²) in [5.41, 5.74) is 1.78. The van der Waals surface area contributed by atoms with Gasteiger partial charge in [0.05, 0.1) is 6.20 Å². The van der Waals surface area contributed by atoms with Crippen LogP contribution in [0.15, 0.2) is 30.5 Å². The molecule has 0 saturated heterocycles. The minimum absolute atomic E-state index is 0.117. The van der Waals surface area contributed by atoms with E-state index in [0.29, 0.717) is 13.0 Å². The summed E-state index contributed by atoms with van der Waals surface area (Å²) in [5, 5.41) is 16.7. The van der Waals surface area contributed by atoms with Crippen molar-refractivity contribution in [1.82, 2.24) is 15.0 Å². The van der Waals surface area contributed by atoms with E-state index in [4.69, 9.17) is 9.84 Å². The number of hydrogen-bond acceptors (Lipinski definition) is 4. The van der Waals surface area contributed by atoms with Crippen molar-refractivity contribution in [1.29, 1.82) is 0 Å². The summed E-state index contributed by atoms with van der Waals surface area (Å²) >= 11 is 0. The van der Waals surface area contributed by atoms with Crippen LogP contribution in [0.3, 0.4) is 0 Å². The molecule has 0 aliphatic heterocycles. The van der Waals surface area contributed by atoms with Crippen LogP contribution in [-0.2, 0) is 20.1 Å². The molecule has 1 aromatic carbocycles. The Balaban J connectivity index is 2.03. The molecule has 90 valence electrons. The normalized spacial score (nSPS) is 10.5. The molecule has 0 fully saturated rings. The first-order valence-corrected chi connectivity index (χ1v) is 5.46. The molecule has 5 nitrogen and oxygen atoms in total. The number of hydrogen-bond donors (Lipinski definition) is 1.